The van der Waals surface area contributed by atoms with Gasteiger partial charge in [0.1, 0.15) is 17.1 Å². The highest BCUT2D eigenvalue weighted by Gasteiger charge is 2.35. The summed E-state index contributed by atoms with van der Waals surface area (Å²) in [7, 11) is 0. The number of hydrogen-bond acceptors (Lipinski definition) is 3. The molecule has 0 saturated heterocycles. The van der Waals surface area contributed by atoms with Crippen molar-refractivity contribution >= 4 is 0 Å². The number of aliphatic hydroxyl groups excluding tert-OH is 1. The van der Waals surface area contributed by atoms with Crippen LogP contribution in [0.15, 0.2) is 35.1 Å². The van der Waals surface area contributed by atoms with Crippen molar-refractivity contribution < 1.29 is 14.6 Å². The molecule has 3 aliphatic rings. The van der Waals surface area contributed by atoms with Crippen molar-refractivity contribution in [2.45, 2.75) is 59.0 Å². The van der Waals surface area contributed by atoms with Crippen molar-refractivity contribution in [3.8, 4) is 11.5 Å². The molecule has 0 aromatic heterocycles. The summed E-state index contributed by atoms with van der Waals surface area (Å²) in [6, 6.07) is 4.26. The molecule has 2 unspecified atom stereocenters. The van der Waals surface area contributed by atoms with E-state index in [4.69, 9.17) is 9.47 Å². The van der Waals surface area contributed by atoms with Crippen molar-refractivity contribution in [1.82, 2.24) is 0 Å². The Morgan fingerprint density at radius 2 is 1.96 bits per heavy atom. The first-order valence-electron chi connectivity index (χ1n) is 9.37. The van der Waals surface area contributed by atoms with E-state index < -0.39 is 0 Å². The Bertz CT molecular complexity index is 770. The average molecular weight is 340 g/mol. The zero-order chi connectivity index (χ0) is 17.8. The molecule has 2 atom stereocenters. The Kier molecular flexibility index (Phi) is 3.86. The van der Waals surface area contributed by atoms with Gasteiger partial charge in [0.25, 0.3) is 0 Å². The third-order valence-electron chi connectivity index (χ3n) is 6.10. The van der Waals surface area contributed by atoms with E-state index in [9.17, 15) is 5.11 Å². The summed E-state index contributed by atoms with van der Waals surface area (Å²) in [5.41, 5.74) is 4.95. The van der Waals surface area contributed by atoms with Gasteiger partial charge in [-0.25, -0.2) is 0 Å². The molecule has 4 rings (SSSR count). The van der Waals surface area contributed by atoms with Crippen molar-refractivity contribution in [3.63, 3.8) is 0 Å². The van der Waals surface area contributed by atoms with Gasteiger partial charge in [0.2, 0.25) is 0 Å². The molecule has 3 nitrogen and oxygen atoms in total. The van der Waals surface area contributed by atoms with Gasteiger partial charge in [-0.2, -0.15) is 0 Å². The molecule has 0 amide bonds. The molecule has 3 heteroatoms. The van der Waals surface area contributed by atoms with Crippen LogP contribution >= 0.6 is 0 Å². The SMILES string of the molecule is CC1=C(C)CC(C2COc3c(ccc4c3CCC(C)(C)O4)C2)C(O)=C1. The van der Waals surface area contributed by atoms with Crippen molar-refractivity contribution in [1.29, 1.82) is 0 Å². The fourth-order valence-corrected chi connectivity index (χ4v) is 4.35. The van der Waals surface area contributed by atoms with Gasteiger partial charge in [-0.15, -0.1) is 0 Å². The van der Waals surface area contributed by atoms with Crippen LogP contribution in [0.3, 0.4) is 0 Å². The van der Waals surface area contributed by atoms with Gasteiger partial charge >= 0.3 is 0 Å². The standard InChI is InChI=1S/C22H28O3/c1-13-9-18(19(23)10-14(13)2)16-11-15-5-6-20-17(21(15)24-12-16)7-8-22(3,4)25-20/h5-6,10,16,18,23H,7-9,11-12H2,1-4H3. The van der Waals surface area contributed by atoms with E-state index in [1.54, 1.807) is 0 Å². The van der Waals surface area contributed by atoms with Crippen LogP contribution in [0.2, 0.25) is 0 Å². The molecule has 0 fully saturated rings. The fourth-order valence-electron chi connectivity index (χ4n) is 4.35. The largest absolute Gasteiger partial charge is 0.512 e. The summed E-state index contributed by atoms with van der Waals surface area (Å²) < 4.78 is 12.4. The van der Waals surface area contributed by atoms with E-state index in [1.165, 1.54) is 22.3 Å². The van der Waals surface area contributed by atoms with Crippen LogP contribution in [-0.4, -0.2) is 17.3 Å². The van der Waals surface area contributed by atoms with Crippen LogP contribution < -0.4 is 9.47 Å². The summed E-state index contributed by atoms with van der Waals surface area (Å²) in [6.07, 6.45) is 5.84. The number of aliphatic hydroxyl groups is 1. The van der Waals surface area contributed by atoms with Gasteiger partial charge in [0.05, 0.1) is 12.4 Å². The van der Waals surface area contributed by atoms with Crippen LogP contribution in [0.1, 0.15) is 51.7 Å². The van der Waals surface area contributed by atoms with E-state index in [-0.39, 0.29) is 11.5 Å². The summed E-state index contributed by atoms with van der Waals surface area (Å²) >= 11 is 0. The summed E-state index contributed by atoms with van der Waals surface area (Å²) in [5.74, 6) is 3.02. The highest BCUT2D eigenvalue weighted by Crippen LogP contribution is 2.45. The van der Waals surface area contributed by atoms with Gasteiger partial charge in [-0.1, -0.05) is 11.6 Å². The zero-order valence-electron chi connectivity index (χ0n) is 15.7. The van der Waals surface area contributed by atoms with Crippen molar-refractivity contribution in [3.05, 3.63) is 46.2 Å². The third-order valence-corrected chi connectivity index (χ3v) is 6.10. The van der Waals surface area contributed by atoms with Gasteiger partial charge in [0.15, 0.2) is 0 Å². The van der Waals surface area contributed by atoms with E-state index in [0.29, 0.717) is 18.3 Å². The minimum Gasteiger partial charge on any atom is -0.512 e. The first-order valence-corrected chi connectivity index (χ1v) is 9.37. The molecule has 0 spiro atoms. The van der Waals surface area contributed by atoms with E-state index in [1.807, 2.05) is 6.08 Å². The van der Waals surface area contributed by atoms with Crippen LogP contribution in [-0.2, 0) is 12.8 Å². The lowest BCUT2D eigenvalue weighted by atomic mass is 9.77. The smallest absolute Gasteiger partial charge is 0.129 e. The van der Waals surface area contributed by atoms with Crippen LogP contribution in [0.4, 0.5) is 0 Å². The Hall–Kier alpha value is -1.90. The maximum Gasteiger partial charge on any atom is 0.129 e. The molecule has 1 N–H and O–H groups in total. The Labute approximate surface area is 150 Å². The lowest BCUT2D eigenvalue weighted by molar-refractivity contribution is 0.0812. The average Bonchev–Trinajstić information content (AvgIpc) is 2.56. The van der Waals surface area contributed by atoms with E-state index in [0.717, 1.165) is 37.2 Å². The molecule has 0 radical (unpaired) electrons. The van der Waals surface area contributed by atoms with Crippen molar-refractivity contribution in [2.24, 2.45) is 11.8 Å². The van der Waals surface area contributed by atoms with Crippen LogP contribution in [0, 0.1) is 11.8 Å². The number of fused-ring (bicyclic) bond motifs is 3. The second-order valence-corrected chi connectivity index (χ2v) is 8.51. The molecular formula is C22H28O3. The van der Waals surface area contributed by atoms with Gasteiger partial charge in [-0.05, 0) is 76.7 Å². The minimum absolute atomic E-state index is 0.0984. The Morgan fingerprint density at radius 1 is 1.16 bits per heavy atom. The molecule has 0 bridgehead atoms. The first-order chi connectivity index (χ1) is 11.8. The molecule has 2 aliphatic heterocycles. The molecule has 1 aromatic rings. The predicted molar refractivity (Wildman–Crippen MR) is 99.4 cm³/mol. The molecular weight excluding hydrogens is 312 g/mol. The second-order valence-electron chi connectivity index (χ2n) is 8.51. The number of rotatable bonds is 1. The predicted octanol–water partition coefficient (Wildman–Crippen LogP) is 5.14. The zero-order valence-corrected chi connectivity index (χ0v) is 15.7. The molecule has 1 aliphatic carbocycles. The number of ether oxygens (including phenoxy) is 2. The Balaban J connectivity index is 1.58. The number of benzene rings is 1. The molecule has 1 aromatic carbocycles. The lowest BCUT2D eigenvalue weighted by Crippen LogP contribution is -2.34. The summed E-state index contributed by atoms with van der Waals surface area (Å²) in [5, 5.41) is 10.5. The van der Waals surface area contributed by atoms with Crippen molar-refractivity contribution in [2.75, 3.05) is 6.61 Å². The van der Waals surface area contributed by atoms with Gasteiger partial charge in [0, 0.05) is 17.4 Å². The van der Waals surface area contributed by atoms with Crippen LogP contribution in [0.25, 0.3) is 0 Å². The Morgan fingerprint density at radius 3 is 2.76 bits per heavy atom. The van der Waals surface area contributed by atoms with E-state index in [2.05, 4.69) is 39.8 Å². The van der Waals surface area contributed by atoms with Gasteiger partial charge < -0.3 is 14.6 Å². The van der Waals surface area contributed by atoms with Gasteiger partial charge in [-0.3, -0.25) is 0 Å². The maximum absolute atomic E-state index is 10.5. The minimum atomic E-state index is -0.0984. The molecule has 2 heterocycles. The normalized spacial score (nSPS) is 27.6. The molecule has 134 valence electrons. The topological polar surface area (TPSA) is 38.7 Å². The monoisotopic (exact) mass is 340 g/mol. The summed E-state index contributed by atoms with van der Waals surface area (Å²) in [6.45, 7) is 9.19. The second kappa shape index (κ2) is 5.82. The van der Waals surface area contributed by atoms with E-state index >= 15 is 0 Å². The summed E-state index contributed by atoms with van der Waals surface area (Å²) in [4.78, 5) is 0. The maximum atomic E-state index is 10.5. The quantitative estimate of drug-likeness (QED) is 0.769. The highest BCUT2D eigenvalue weighted by atomic mass is 16.5. The number of hydrogen-bond donors (Lipinski definition) is 1. The molecule has 0 saturated carbocycles. The van der Waals surface area contributed by atoms with Crippen LogP contribution in [0.5, 0.6) is 11.5 Å². The highest BCUT2D eigenvalue weighted by molar-refractivity contribution is 5.52. The fraction of sp³-hybridized carbons (Fsp3) is 0.545. The molecule has 25 heavy (non-hydrogen) atoms. The first kappa shape index (κ1) is 16.6. The third kappa shape index (κ3) is 2.94. The lowest BCUT2D eigenvalue weighted by Gasteiger charge is -2.37. The number of allylic oxidation sites excluding steroid dienone is 4.